The molecule has 0 aliphatic rings. The van der Waals surface area contributed by atoms with Gasteiger partial charge in [-0.15, -0.1) is 0 Å². The summed E-state index contributed by atoms with van der Waals surface area (Å²) < 4.78 is 1.84. The van der Waals surface area contributed by atoms with E-state index in [1.165, 1.54) is 0 Å². The van der Waals surface area contributed by atoms with Gasteiger partial charge in [0.25, 0.3) is 0 Å². The van der Waals surface area contributed by atoms with E-state index in [9.17, 15) is 5.11 Å². The van der Waals surface area contributed by atoms with Crippen LogP contribution >= 0.6 is 0 Å². The van der Waals surface area contributed by atoms with Crippen molar-refractivity contribution in [1.29, 1.82) is 0 Å². The van der Waals surface area contributed by atoms with E-state index in [0.29, 0.717) is 0 Å². The zero-order chi connectivity index (χ0) is 12.3. The Morgan fingerprint density at radius 1 is 1.41 bits per heavy atom. The van der Waals surface area contributed by atoms with Crippen LogP contribution in [-0.2, 0) is 6.54 Å². The monoisotopic (exact) mass is 231 g/mol. The van der Waals surface area contributed by atoms with Gasteiger partial charge in [0.05, 0.1) is 5.69 Å². The molecule has 0 aliphatic heterocycles. The molecule has 4 nitrogen and oxygen atoms in total. The molecule has 90 valence electrons. The Hall–Kier alpha value is -1.68. The Kier molecular flexibility index (Phi) is 3.54. The van der Waals surface area contributed by atoms with E-state index in [0.717, 1.165) is 29.8 Å². The Morgan fingerprint density at radius 3 is 2.94 bits per heavy atom. The minimum atomic E-state index is -0.656. The maximum absolute atomic E-state index is 10.3. The maximum atomic E-state index is 10.3. The van der Waals surface area contributed by atoms with Crippen molar-refractivity contribution in [3.8, 4) is 0 Å². The molecule has 17 heavy (non-hydrogen) atoms. The average molecular weight is 231 g/mol. The number of aromatic nitrogens is 3. The van der Waals surface area contributed by atoms with Crippen molar-refractivity contribution in [3.63, 3.8) is 0 Å². The Balaban J connectivity index is 2.30. The predicted molar refractivity (Wildman–Crippen MR) is 65.6 cm³/mol. The Labute approximate surface area is 101 Å². The molecule has 0 saturated heterocycles. The lowest BCUT2D eigenvalue weighted by molar-refractivity contribution is 0.207. The second kappa shape index (κ2) is 5.10. The highest BCUT2D eigenvalue weighted by molar-refractivity contribution is 5.25. The standard InChI is InChI=1S/C13H17N3O/c1-3-6-16-12(4-5-15-16)13(17)11-7-10(2)8-14-9-11/h4-5,7-9,13,17H,3,6H2,1-2H3. The summed E-state index contributed by atoms with van der Waals surface area (Å²) in [6, 6.07) is 3.80. The molecule has 0 fully saturated rings. The minimum absolute atomic E-state index is 0.656. The number of hydrogen-bond donors (Lipinski definition) is 1. The summed E-state index contributed by atoms with van der Waals surface area (Å²) in [4.78, 5) is 4.10. The molecule has 0 bridgehead atoms. The molecule has 1 unspecified atom stereocenters. The topological polar surface area (TPSA) is 50.9 Å². The van der Waals surface area contributed by atoms with Crippen LogP contribution < -0.4 is 0 Å². The third kappa shape index (κ3) is 2.53. The summed E-state index contributed by atoms with van der Waals surface area (Å²) in [7, 11) is 0. The fraction of sp³-hybridized carbons (Fsp3) is 0.385. The van der Waals surface area contributed by atoms with Gasteiger partial charge in [-0.3, -0.25) is 9.67 Å². The van der Waals surface area contributed by atoms with Gasteiger partial charge >= 0.3 is 0 Å². The van der Waals surface area contributed by atoms with E-state index in [2.05, 4.69) is 17.0 Å². The molecule has 2 aromatic rings. The van der Waals surface area contributed by atoms with E-state index in [4.69, 9.17) is 0 Å². The Bertz CT molecular complexity index is 493. The molecule has 0 spiro atoms. The molecule has 2 aromatic heterocycles. The summed E-state index contributed by atoms with van der Waals surface area (Å²) in [5.74, 6) is 0. The maximum Gasteiger partial charge on any atom is 0.122 e. The number of rotatable bonds is 4. The number of aliphatic hydroxyl groups excluding tert-OH is 1. The molecule has 0 aliphatic carbocycles. The van der Waals surface area contributed by atoms with Crippen LogP contribution in [-0.4, -0.2) is 19.9 Å². The summed E-state index contributed by atoms with van der Waals surface area (Å²) >= 11 is 0. The van der Waals surface area contributed by atoms with Crippen LogP contribution in [0.15, 0.2) is 30.7 Å². The van der Waals surface area contributed by atoms with Gasteiger partial charge in [0.2, 0.25) is 0 Å². The molecule has 2 heterocycles. The van der Waals surface area contributed by atoms with Gasteiger partial charge in [0.15, 0.2) is 0 Å². The van der Waals surface area contributed by atoms with E-state index in [1.807, 2.05) is 23.7 Å². The summed E-state index contributed by atoms with van der Waals surface area (Å²) in [5, 5.41) is 14.5. The first-order chi connectivity index (χ1) is 8.22. The quantitative estimate of drug-likeness (QED) is 0.876. The average Bonchev–Trinajstić information content (AvgIpc) is 2.77. The van der Waals surface area contributed by atoms with Gasteiger partial charge in [-0.05, 0) is 25.0 Å². The summed E-state index contributed by atoms with van der Waals surface area (Å²) in [6.45, 7) is 4.87. The van der Waals surface area contributed by atoms with E-state index < -0.39 is 6.10 Å². The fourth-order valence-electron chi connectivity index (χ4n) is 1.87. The first kappa shape index (κ1) is 11.8. The van der Waals surface area contributed by atoms with Gasteiger partial charge < -0.3 is 5.11 Å². The summed E-state index contributed by atoms with van der Waals surface area (Å²) in [5.41, 5.74) is 2.67. The van der Waals surface area contributed by atoms with E-state index in [1.54, 1.807) is 18.6 Å². The van der Waals surface area contributed by atoms with Crippen molar-refractivity contribution in [2.45, 2.75) is 32.9 Å². The molecule has 0 aromatic carbocycles. The van der Waals surface area contributed by atoms with E-state index in [-0.39, 0.29) is 0 Å². The third-order valence-electron chi connectivity index (χ3n) is 2.68. The van der Waals surface area contributed by atoms with Gasteiger partial charge in [0.1, 0.15) is 6.10 Å². The van der Waals surface area contributed by atoms with Crippen LogP contribution in [0, 0.1) is 6.92 Å². The minimum Gasteiger partial charge on any atom is -0.382 e. The lowest BCUT2D eigenvalue weighted by Crippen LogP contribution is -2.10. The van der Waals surface area contributed by atoms with Gasteiger partial charge in [-0.2, -0.15) is 5.10 Å². The van der Waals surface area contributed by atoms with Crippen LogP contribution in [0.25, 0.3) is 0 Å². The number of aryl methyl sites for hydroxylation is 2. The molecule has 0 radical (unpaired) electrons. The predicted octanol–water partition coefficient (Wildman–Crippen LogP) is 2.08. The highest BCUT2D eigenvalue weighted by atomic mass is 16.3. The second-order valence-corrected chi connectivity index (χ2v) is 4.18. The Morgan fingerprint density at radius 2 is 2.24 bits per heavy atom. The van der Waals surface area contributed by atoms with Crippen molar-refractivity contribution in [2.24, 2.45) is 0 Å². The van der Waals surface area contributed by atoms with Crippen molar-refractivity contribution in [1.82, 2.24) is 14.8 Å². The zero-order valence-electron chi connectivity index (χ0n) is 10.2. The highest BCUT2D eigenvalue weighted by Gasteiger charge is 2.15. The molecule has 4 heteroatoms. The smallest absolute Gasteiger partial charge is 0.122 e. The molecule has 0 saturated carbocycles. The molecule has 2 rings (SSSR count). The first-order valence-electron chi connectivity index (χ1n) is 5.83. The molecule has 1 atom stereocenters. The van der Waals surface area contributed by atoms with Gasteiger partial charge in [-0.1, -0.05) is 13.0 Å². The fourth-order valence-corrected chi connectivity index (χ4v) is 1.87. The van der Waals surface area contributed by atoms with Crippen LogP contribution in [0.1, 0.15) is 36.3 Å². The molecule has 0 amide bonds. The number of hydrogen-bond acceptors (Lipinski definition) is 3. The largest absolute Gasteiger partial charge is 0.382 e. The molecular formula is C13H17N3O. The second-order valence-electron chi connectivity index (χ2n) is 4.18. The molecule has 1 N–H and O–H groups in total. The van der Waals surface area contributed by atoms with Crippen molar-refractivity contribution in [3.05, 3.63) is 47.5 Å². The first-order valence-corrected chi connectivity index (χ1v) is 5.83. The van der Waals surface area contributed by atoms with Crippen molar-refractivity contribution < 1.29 is 5.11 Å². The number of aliphatic hydroxyl groups is 1. The van der Waals surface area contributed by atoms with Crippen molar-refractivity contribution in [2.75, 3.05) is 0 Å². The SMILES string of the molecule is CCCn1nccc1C(O)c1cncc(C)c1. The summed E-state index contributed by atoms with van der Waals surface area (Å²) in [6.07, 6.45) is 5.53. The lowest BCUT2D eigenvalue weighted by Gasteiger charge is -2.13. The highest BCUT2D eigenvalue weighted by Crippen LogP contribution is 2.21. The van der Waals surface area contributed by atoms with Gasteiger partial charge in [-0.25, -0.2) is 0 Å². The molecular weight excluding hydrogens is 214 g/mol. The van der Waals surface area contributed by atoms with Crippen LogP contribution in [0.3, 0.4) is 0 Å². The number of pyridine rings is 1. The number of nitrogens with zero attached hydrogens (tertiary/aromatic N) is 3. The third-order valence-corrected chi connectivity index (χ3v) is 2.68. The van der Waals surface area contributed by atoms with Crippen molar-refractivity contribution >= 4 is 0 Å². The van der Waals surface area contributed by atoms with Crippen LogP contribution in [0.2, 0.25) is 0 Å². The lowest BCUT2D eigenvalue weighted by atomic mass is 10.1. The van der Waals surface area contributed by atoms with Crippen LogP contribution in [0.5, 0.6) is 0 Å². The normalized spacial score (nSPS) is 12.6. The van der Waals surface area contributed by atoms with E-state index >= 15 is 0 Å². The zero-order valence-corrected chi connectivity index (χ0v) is 10.2. The van der Waals surface area contributed by atoms with Crippen LogP contribution in [0.4, 0.5) is 0 Å². The van der Waals surface area contributed by atoms with Gasteiger partial charge in [0, 0.05) is 30.7 Å².